The fourth-order valence-corrected chi connectivity index (χ4v) is 9.46. The average molecular weight is 785 g/mol. The van der Waals surface area contributed by atoms with Crippen molar-refractivity contribution in [2.75, 3.05) is 0 Å². The Kier molecular flexibility index (Phi) is 11.7. The van der Waals surface area contributed by atoms with Crippen LogP contribution in [0.25, 0.3) is 77.2 Å². The van der Waals surface area contributed by atoms with E-state index in [2.05, 4.69) is 182 Å². The van der Waals surface area contributed by atoms with Gasteiger partial charge in [-0.3, -0.25) is 0 Å². The predicted molar refractivity (Wildman–Crippen MR) is 260 cm³/mol. The third-order valence-electron chi connectivity index (χ3n) is 12.8. The molecule has 0 fully saturated rings. The van der Waals surface area contributed by atoms with E-state index in [1.807, 2.05) is 0 Å². The van der Waals surface area contributed by atoms with E-state index in [0.29, 0.717) is 0 Å². The first-order chi connectivity index (χ1) is 29.6. The van der Waals surface area contributed by atoms with Gasteiger partial charge in [0.15, 0.2) is 0 Å². The third kappa shape index (κ3) is 7.81. The molecule has 0 saturated heterocycles. The zero-order chi connectivity index (χ0) is 41.0. The van der Waals surface area contributed by atoms with Gasteiger partial charge in [-0.2, -0.15) is 0 Å². The normalized spacial score (nSPS) is 11.8. The van der Waals surface area contributed by atoms with Gasteiger partial charge in [0.05, 0.1) is 22.1 Å². The average Bonchev–Trinajstić information content (AvgIpc) is 3.80. The zero-order valence-corrected chi connectivity index (χ0v) is 36.2. The highest BCUT2D eigenvalue weighted by Gasteiger charge is 2.17. The van der Waals surface area contributed by atoms with Crippen molar-refractivity contribution >= 4 is 43.6 Å². The molecule has 0 bridgehead atoms. The molecule has 0 N–H and O–H groups in total. The quantitative estimate of drug-likeness (QED) is 0.0923. The van der Waals surface area contributed by atoms with E-state index >= 15 is 0 Å². The van der Waals surface area contributed by atoms with Gasteiger partial charge >= 0.3 is 0 Å². The van der Waals surface area contributed by atoms with Crippen LogP contribution >= 0.6 is 0 Å². The molecule has 9 rings (SSSR count). The summed E-state index contributed by atoms with van der Waals surface area (Å²) >= 11 is 0. The monoisotopic (exact) mass is 784 g/mol. The number of nitrogens with zero attached hydrogens (tertiary/aromatic N) is 2. The van der Waals surface area contributed by atoms with Crippen molar-refractivity contribution in [3.05, 3.63) is 168 Å². The topological polar surface area (TPSA) is 9.86 Å². The zero-order valence-electron chi connectivity index (χ0n) is 36.2. The summed E-state index contributed by atoms with van der Waals surface area (Å²) in [6.07, 6.45) is 14.2. The van der Waals surface area contributed by atoms with Crippen LogP contribution in [0.3, 0.4) is 0 Å². The lowest BCUT2D eigenvalue weighted by Crippen LogP contribution is -1.95. The van der Waals surface area contributed by atoms with Crippen LogP contribution in [0.5, 0.6) is 0 Å². The molecule has 2 nitrogen and oxygen atoms in total. The molecule has 0 unspecified atom stereocenters. The Morgan fingerprint density at radius 1 is 0.300 bits per heavy atom. The first kappa shape index (κ1) is 39.6. The van der Waals surface area contributed by atoms with Crippen LogP contribution in [0.2, 0.25) is 0 Å². The van der Waals surface area contributed by atoms with E-state index in [1.165, 1.54) is 151 Å². The van der Waals surface area contributed by atoms with Gasteiger partial charge in [-0.25, -0.2) is 0 Å². The van der Waals surface area contributed by atoms with Crippen LogP contribution in [-0.2, 0) is 25.7 Å². The number of unbranched alkanes of at least 4 members (excludes halogenated alkanes) is 4. The Morgan fingerprint density at radius 2 is 0.583 bits per heavy atom. The number of hydrogen-bond donors (Lipinski definition) is 0. The van der Waals surface area contributed by atoms with Crippen molar-refractivity contribution in [2.24, 2.45) is 0 Å². The SMILES string of the molecule is CCCCc1ccc2c(c1)c1cc(CCCC)ccc1n2-c1cccc(-c2cccc(-c3cccc(-n4c5ccc(CCCC)cc5c5cc(CCCC)ccc54)c3)c2)c1. The molecule has 0 amide bonds. The third-order valence-corrected chi connectivity index (χ3v) is 12.8. The maximum Gasteiger partial charge on any atom is 0.0541 e. The molecule has 7 aromatic carbocycles. The van der Waals surface area contributed by atoms with Gasteiger partial charge in [0.2, 0.25) is 0 Å². The minimum Gasteiger partial charge on any atom is -0.309 e. The molecule has 2 heteroatoms. The molecule has 0 aliphatic heterocycles. The summed E-state index contributed by atoms with van der Waals surface area (Å²) in [6.45, 7) is 9.12. The molecule has 0 saturated carbocycles. The lowest BCUT2D eigenvalue weighted by molar-refractivity contribution is 0.795. The molecule has 0 aliphatic rings. The molecule has 0 aliphatic carbocycles. The Hall–Kier alpha value is -5.86. The second kappa shape index (κ2) is 17.8. The van der Waals surface area contributed by atoms with Crippen molar-refractivity contribution in [1.82, 2.24) is 9.13 Å². The van der Waals surface area contributed by atoms with Gasteiger partial charge in [-0.15, -0.1) is 0 Å². The summed E-state index contributed by atoms with van der Waals surface area (Å²) in [5, 5.41) is 5.45. The molecule has 2 heterocycles. The number of aromatic nitrogens is 2. The van der Waals surface area contributed by atoms with Gasteiger partial charge in [0, 0.05) is 32.9 Å². The number of fused-ring (bicyclic) bond motifs is 6. The van der Waals surface area contributed by atoms with Crippen LogP contribution in [0.1, 0.15) is 101 Å². The van der Waals surface area contributed by atoms with E-state index in [0.717, 1.165) is 25.7 Å². The number of rotatable bonds is 16. The van der Waals surface area contributed by atoms with Crippen LogP contribution in [0, 0.1) is 0 Å². The van der Waals surface area contributed by atoms with Crippen molar-refractivity contribution in [3.63, 3.8) is 0 Å². The maximum absolute atomic E-state index is 2.49. The van der Waals surface area contributed by atoms with Crippen molar-refractivity contribution in [1.29, 1.82) is 0 Å². The van der Waals surface area contributed by atoms with Crippen LogP contribution < -0.4 is 0 Å². The van der Waals surface area contributed by atoms with Crippen molar-refractivity contribution < 1.29 is 0 Å². The molecule has 60 heavy (non-hydrogen) atoms. The second-order valence-corrected chi connectivity index (χ2v) is 17.2. The second-order valence-electron chi connectivity index (χ2n) is 17.2. The Morgan fingerprint density at radius 3 is 0.883 bits per heavy atom. The van der Waals surface area contributed by atoms with Gasteiger partial charge in [-0.1, -0.05) is 120 Å². The summed E-state index contributed by atoms with van der Waals surface area (Å²) in [7, 11) is 0. The highest BCUT2D eigenvalue weighted by molar-refractivity contribution is 6.11. The van der Waals surface area contributed by atoms with Gasteiger partial charge in [0.1, 0.15) is 0 Å². The van der Waals surface area contributed by atoms with E-state index < -0.39 is 0 Å². The number of benzene rings is 7. The fraction of sp³-hybridized carbons (Fsp3) is 0.276. The molecule has 0 radical (unpaired) electrons. The molecule has 302 valence electrons. The van der Waals surface area contributed by atoms with Gasteiger partial charge < -0.3 is 9.13 Å². The van der Waals surface area contributed by atoms with E-state index in [-0.39, 0.29) is 0 Å². The number of hydrogen-bond acceptors (Lipinski definition) is 0. The first-order valence-electron chi connectivity index (χ1n) is 23.0. The Labute approximate surface area is 357 Å². The van der Waals surface area contributed by atoms with E-state index in [1.54, 1.807) is 0 Å². The van der Waals surface area contributed by atoms with Gasteiger partial charge in [0.25, 0.3) is 0 Å². The highest BCUT2D eigenvalue weighted by atomic mass is 15.0. The van der Waals surface area contributed by atoms with Crippen molar-refractivity contribution in [3.8, 4) is 33.6 Å². The Balaban J connectivity index is 1.10. The van der Waals surface area contributed by atoms with Crippen molar-refractivity contribution in [2.45, 2.75) is 105 Å². The minimum atomic E-state index is 1.13. The summed E-state index contributed by atoms with van der Waals surface area (Å²) in [4.78, 5) is 0. The largest absolute Gasteiger partial charge is 0.309 e. The summed E-state index contributed by atoms with van der Waals surface area (Å²) in [5.41, 5.74) is 18.1. The predicted octanol–water partition coefficient (Wildman–Crippen LogP) is 16.6. The molecule has 9 aromatic rings. The van der Waals surface area contributed by atoms with Gasteiger partial charge in [-0.05, 0) is 175 Å². The van der Waals surface area contributed by atoms with E-state index in [4.69, 9.17) is 0 Å². The van der Waals surface area contributed by atoms with Crippen LogP contribution in [0.4, 0.5) is 0 Å². The standard InChI is InChI=1S/C58H60N2/c1-5-9-16-41-26-30-55-51(34-41)52-35-42(17-10-6-2)27-31-56(52)59(55)49-24-14-22-47(39-49)45-20-13-21-46(38-45)48-23-15-25-50(40-48)60-57-32-28-43(18-11-7-3)36-53(57)54-37-44(19-12-8-4)29-33-58(54)60/h13-15,20-40H,5-12,16-19H2,1-4H3. The maximum atomic E-state index is 2.49. The lowest BCUT2D eigenvalue weighted by Gasteiger charge is -2.13. The Bertz CT molecular complexity index is 2610. The molecule has 0 atom stereocenters. The van der Waals surface area contributed by atoms with Crippen LogP contribution in [0.15, 0.2) is 146 Å². The molecular weight excluding hydrogens is 725 g/mol. The fourth-order valence-electron chi connectivity index (χ4n) is 9.46. The lowest BCUT2D eigenvalue weighted by atomic mass is 9.98. The molecule has 2 aromatic heterocycles. The summed E-state index contributed by atoms with van der Waals surface area (Å²) in [5.74, 6) is 0. The first-order valence-corrected chi connectivity index (χ1v) is 23.0. The molecular formula is C58H60N2. The summed E-state index contributed by atoms with van der Waals surface area (Å²) < 4.78 is 4.97. The van der Waals surface area contributed by atoms with E-state index in [9.17, 15) is 0 Å². The summed E-state index contributed by atoms with van der Waals surface area (Å²) in [6, 6.07) is 56.1. The smallest absolute Gasteiger partial charge is 0.0541 e. The van der Waals surface area contributed by atoms with Crippen LogP contribution in [-0.4, -0.2) is 9.13 Å². The highest BCUT2D eigenvalue weighted by Crippen LogP contribution is 2.38. The molecule has 0 spiro atoms. The number of aryl methyl sites for hydroxylation is 4. The minimum absolute atomic E-state index is 1.13.